The summed E-state index contributed by atoms with van der Waals surface area (Å²) in [6.07, 6.45) is 0.587. The van der Waals surface area contributed by atoms with Crippen molar-refractivity contribution < 1.29 is 14.7 Å². The van der Waals surface area contributed by atoms with E-state index in [0.29, 0.717) is 13.1 Å². The summed E-state index contributed by atoms with van der Waals surface area (Å²) < 4.78 is 0. The van der Waals surface area contributed by atoms with Gasteiger partial charge in [-0.15, -0.1) is 0 Å². The smallest absolute Gasteiger partial charge is 0.318 e. The molecule has 0 bridgehead atoms. The number of hydrogen-bond donors (Lipinski definition) is 3. The number of imide groups is 1. The molecule has 2 unspecified atom stereocenters. The number of primary amides is 1. The number of β-amino-alcohol motifs (C(OH)–C–C–N with tert-alkyl or cyclic N) is 1. The van der Waals surface area contributed by atoms with Crippen molar-refractivity contribution in [2.24, 2.45) is 5.73 Å². The number of nitrogens with two attached hydrogens (primary N) is 1. The van der Waals surface area contributed by atoms with Gasteiger partial charge in [-0.05, 0) is 20.5 Å². The lowest BCUT2D eigenvalue weighted by Crippen LogP contribution is -2.41. The van der Waals surface area contributed by atoms with Crippen LogP contribution in [0, 0.1) is 0 Å². The quantitative estimate of drug-likeness (QED) is 0.561. The number of carbonyl (C=O) groups excluding carboxylic acids is 2. The predicted octanol–water partition coefficient (Wildman–Crippen LogP) is -1.43. The number of aliphatic hydroxyl groups is 1. The zero-order chi connectivity index (χ0) is 13.7. The first kappa shape index (κ1) is 14.9. The Hall–Kier alpha value is -1.18. The summed E-state index contributed by atoms with van der Waals surface area (Å²) in [5.74, 6) is -0.382. The third-order valence-electron chi connectivity index (χ3n) is 2.97. The lowest BCUT2D eigenvalue weighted by molar-refractivity contribution is -0.120. The van der Waals surface area contributed by atoms with Crippen LogP contribution in [0.5, 0.6) is 0 Å². The lowest BCUT2D eigenvalue weighted by Gasteiger charge is -2.26. The van der Waals surface area contributed by atoms with E-state index in [1.807, 2.05) is 19.4 Å². The van der Waals surface area contributed by atoms with Gasteiger partial charge in [0.15, 0.2) is 0 Å². The van der Waals surface area contributed by atoms with Gasteiger partial charge in [-0.3, -0.25) is 15.0 Å². The molecular weight excluding hydrogens is 236 g/mol. The van der Waals surface area contributed by atoms with Gasteiger partial charge in [-0.1, -0.05) is 0 Å². The normalized spacial score (nSPS) is 24.4. The fraction of sp³-hybridized carbons (Fsp3) is 0.818. The summed E-state index contributed by atoms with van der Waals surface area (Å²) in [5, 5.41) is 11.7. The van der Waals surface area contributed by atoms with Crippen molar-refractivity contribution in [1.82, 2.24) is 15.1 Å². The van der Waals surface area contributed by atoms with Gasteiger partial charge in [0, 0.05) is 32.1 Å². The molecule has 4 N–H and O–H groups in total. The van der Waals surface area contributed by atoms with Gasteiger partial charge in [0.2, 0.25) is 5.91 Å². The highest BCUT2D eigenvalue weighted by Gasteiger charge is 2.31. The Morgan fingerprint density at radius 1 is 1.50 bits per heavy atom. The molecule has 1 aliphatic heterocycles. The number of urea groups is 1. The first-order valence-corrected chi connectivity index (χ1v) is 6.04. The van der Waals surface area contributed by atoms with Crippen LogP contribution in [0.15, 0.2) is 0 Å². The number of likely N-dealkylation sites (tertiary alicyclic amines) is 1. The largest absolute Gasteiger partial charge is 0.392 e. The number of aliphatic hydroxyl groups excluding tert-OH is 1. The van der Waals surface area contributed by atoms with Crippen molar-refractivity contribution >= 4 is 11.9 Å². The molecule has 18 heavy (non-hydrogen) atoms. The zero-order valence-electron chi connectivity index (χ0n) is 10.9. The van der Waals surface area contributed by atoms with E-state index in [0.717, 1.165) is 13.0 Å². The molecule has 0 saturated carbocycles. The molecule has 1 heterocycles. The van der Waals surface area contributed by atoms with E-state index in [1.165, 1.54) is 0 Å². The third-order valence-corrected chi connectivity index (χ3v) is 2.97. The standard InChI is InChI=1S/C11H22N4O3/c1-14(2)6-8-5-9(16)7-15(8)4-3-10(17)13-11(12)18/h8-9,16H,3-7H2,1-2H3,(H3,12,13,17,18). The van der Waals surface area contributed by atoms with Gasteiger partial charge in [0.1, 0.15) is 0 Å². The number of carbonyl (C=O) groups is 2. The molecule has 0 spiro atoms. The maximum Gasteiger partial charge on any atom is 0.318 e. The van der Waals surface area contributed by atoms with Crippen molar-refractivity contribution in [1.29, 1.82) is 0 Å². The van der Waals surface area contributed by atoms with Crippen LogP contribution in [0.25, 0.3) is 0 Å². The highest BCUT2D eigenvalue weighted by molar-refractivity contribution is 5.93. The van der Waals surface area contributed by atoms with E-state index >= 15 is 0 Å². The Morgan fingerprint density at radius 3 is 2.72 bits per heavy atom. The number of hydrogen-bond acceptors (Lipinski definition) is 5. The summed E-state index contributed by atoms with van der Waals surface area (Å²) in [6.45, 7) is 1.94. The number of amides is 3. The van der Waals surface area contributed by atoms with Crippen LogP contribution in [-0.2, 0) is 4.79 Å². The van der Waals surface area contributed by atoms with Crippen LogP contribution < -0.4 is 11.1 Å². The number of rotatable bonds is 5. The maximum absolute atomic E-state index is 11.3. The van der Waals surface area contributed by atoms with Crippen LogP contribution in [0.1, 0.15) is 12.8 Å². The molecule has 1 saturated heterocycles. The summed E-state index contributed by atoms with van der Waals surface area (Å²) in [5.41, 5.74) is 4.86. The van der Waals surface area contributed by atoms with Gasteiger partial charge in [0.05, 0.1) is 6.10 Å². The number of nitrogens with zero attached hydrogens (tertiary/aromatic N) is 2. The molecule has 104 valence electrons. The SMILES string of the molecule is CN(C)CC1CC(O)CN1CCC(=O)NC(N)=O. The molecule has 0 aromatic heterocycles. The minimum Gasteiger partial charge on any atom is -0.392 e. The van der Waals surface area contributed by atoms with Gasteiger partial charge < -0.3 is 15.7 Å². The minimum atomic E-state index is -0.828. The minimum absolute atomic E-state index is 0.208. The summed E-state index contributed by atoms with van der Waals surface area (Å²) in [7, 11) is 3.95. The van der Waals surface area contributed by atoms with Crippen molar-refractivity contribution in [2.45, 2.75) is 25.0 Å². The topological polar surface area (TPSA) is 98.9 Å². The van der Waals surface area contributed by atoms with E-state index in [2.05, 4.69) is 9.80 Å². The first-order chi connectivity index (χ1) is 8.38. The molecule has 1 rings (SSSR count). The second-order valence-electron chi connectivity index (χ2n) is 4.96. The van der Waals surface area contributed by atoms with Crippen molar-refractivity contribution in [3.05, 3.63) is 0 Å². The molecule has 3 amide bonds. The number of nitrogens with one attached hydrogen (secondary N) is 1. The highest BCUT2D eigenvalue weighted by atomic mass is 16.3. The molecule has 0 radical (unpaired) electrons. The van der Waals surface area contributed by atoms with Crippen LogP contribution in [0.3, 0.4) is 0 Å². The maximum atomic E-state index is 11.3. The van der Waals surface area contributed by atoms with Gasteiger partial charge in [0.25, 0.3) is 0 Å². The van der Waals surface area contributed by atoms with Crippen LogP contribution >= 0.6 is 0 Å². The Labute approximate surface area is 107 Å². The fourth-order valence-corrected chi connectivity index (χ4v) is 2.29. The average Bonchev–Trinajstić information content (AvgIpc) is 2.53. The van der Waals surface area contributed by atoms with E-state index in [1.54, 1.807) is 0 Å². The Bertz CT molecular complexity index is 309. The zero-order valence-corrected chi connectivity index (χ0v) is 10.9. The summed E-state index contributed by atoms with van der Waals surface area (Å²) in [6, 6.07) is -0.581. The van der Waals surface area contributed by atoms with E-state index < -0.39 is 6.03 Å². The molecule has 1 aliphatic rings. The lowest BCUT2D eigenvalue weighted by atomic mass is 10.2. The van der Waals surface area contributed by atoms with Gasteiger partial charge >= 0.3 is 6.03 Å². The molecule has 0 aromatic rings. The Balaban J connectivity index is 2.39. The second-order valence-corrected chi connectivity index (χ2v) is 4.96. The van der Waals surface area contributed by atoms with Crippen molar-refractivity contribution in [3.63, 3.8) is 0 Å². The Morgan fingerprint density at radius 2 is 2.17 bits per heavy atom. The summed E-state index contributed by atoms with van der Waals surface area (Å²) in [4.78, 5) is 25.9. The molecule has 0 aliphatic carbocycles. The highest BCUT2D eigenvalue weighted by Crippen LogP contribution is 2.18. The molecule has 7 heteroatoms. The predicted molar refractivity (Wildman–Crippen MR) is 66.9 cm³/mol. The van der Waals surface area contributed by atoms with Crippen LogP contribution in [0.4, 0.5) is 4.79 Å². The first-order valence-electron chi connectivity index (χ1n) is 6.04. The molecule has 0 aromatic carbocycles. The average molecular weight is 258 g/mol. The van der Waals surface area contributed by atoms with Crippen LogP contribution in [-0.4, -0.2) is 72.7 Å². The molecule has 2 atom stereocenters. The molecular formula is C11H22N4O3. The van der Waals surface area contributed by atoms with E-state index in [-0.39, 0.29) is 24.5 Å². The number of likely N-dealkylation sites (N-methyl/N-ethyl adjacent to an activating group) is 1. The van der Waals surface area contributed by atoms with E-state index in [9.17, 15) is 14.7 Å². The summed E-state index contributed by atoms with van der Waals surface area (Å²) >= 11 is 0. The monoisotopic (exact) mass is 258 g/mol. The van der Waals surface area contributed by atoms with Gasteiger partial charge in [-0.25, -0.2) is 4.79 Å². The van der Waals surface area contributed by atoms with Crippen molar-refractivity contribution in [3.8, 4) is 0 Å². The Kier molecular flexibility index (Phi) is 5.52. The molecule has 1 fully saturated rings. The van der Waals surface area contributed by atoms with Gasteiger partial charge in [-0.2, -0.15) is 0 Å². The second kappa shape index (κ2) is 6.67. The third kappa shape index (κ3) is 4.99. The fourth-order valence-electron chi connectivity index (χ4n) is 2.29. The van der Waals surface area contributed by atoms with Crippen LogP contribution in [0.2, 0.25) is 0 Å². The van der Waals surface area contributed by atoms with E-state index in [4.69, 9.17) is 5.73 Å². The van der Waals surface area contributed by atoms with Crippen molar-refractivity contribution in [2.75, 3.05) is 33.7 Å². The molecule has 7 nitrogen and oxygen atoms in total.